The van der Waals surface area contributed by atoms with Crippen LogP contribution in [0.1, 0.15) is 57.2 Å². The van der Waals surface area contributed by atoms with Crippen LogP contribution in [0.3, 0.4) is 0 Å². The highest BCUT2D eigenvalue weighted by molar-refractivity contribution is 9.10. The van der Waals surface area contributed by atoms with Gasteiger partial charge in [-0.3, -0.25) is 0 Å². The Labute approximate surface area is 172 Å². The van der Waals surface area contributed by atoms with Crippen molar-refractivity contribution in [2.75, 3.05) is 0 Å². The molecule has 0 unspecified atom stereocenters. The average molecular weight is 454 g/mol. The lowest BCUT2D eigenvalue weighted by Gasteiger charge is -2.15. The summed E-state index contributed by atoms with van der Waals surface area (Å²) < 4.78 is 1.21. The molecule has 3 aromatic rings. The van der Waals surface area contributed by atoms with Crippen LogP contribution in [0.15, 0.2) is 34.8 Å². The molecule has 0 aliphatic rings. The van der Waals surface area contributed by atoms with E-state index in [0.717, 1.165) is 0 Å². The second-order valence-corrected chi connectivity index (χ2v) is 12.0. The van der Waals surface area contributed by atoms with Crippen LogP contribution < -0.4 is 0 Å². The first kappa shape index (κ1) is 19.3. The average Bonchev–Trinajstić information content (AvgIpc) is 3.23. The van der Waals surface area contributed by atoms with Gasteiger partial charge in [0.15, 0.2) is 0 Å². The third kappa shape index (κ3) is 4.13. The lowest BCUT2D eigenvalue weighted by atomic mass is 9.95. The summed E-state index contributed by atoms with van der Waals surface area (Å²) in [5, 5.41) is 0. The van der Waals surface area contributed by atoms with Crippen molar-refractivity contribution in [1.29, 1.82) is 0 Å². The van der Waals surface area contributed by atoms with Gasteiger partial charge >= 0.3 is 0 Å². The first-order valence-corrected chi connectivity index (χ1v) is 11.9. The van der Waals surface area contributed by atoms with E-state index in [1.54, 1.807) is 0 Å². The largest absolute Gasteiger partial charge is 0.139 e. The van der Waals surface area contributed by atoms with Gasteiger partial charge in [0.05, 0.1) is 4.88 Å². The molecule has 3 rings (SSSR count). The maximum Gasteiger partial charge on any atom is 0.0591 e. The van der Waals surface area contributed by atoms with Gasteiger partial charge in [0.25, 0.3) is 0 Å². The Morgan fingerprint density at radius 2 is 1.52 bits per heavy atom. The topological polar surface area (TPSA) is 0 Å². The second kappa shape index (κ2) is 7.30. The third-order valence-electron chi connectivity index (χ3n) is 4.57. The molecule has 0 bridgehead atoms. The SMILES string of the molecule is CC(C)[C@@H](C)c1ccc(-c2sc(-c3ccc(C(C)(C)C)s3)cc2Br)s1. The Morgan fingerprint density at radius 1 is 0.840 bits per heavy atom. The van der Waals surface area contributed by atoms with E-state index in [1.165, 1.54) is 33.7 Å². The zero-order valence-electron chi connectivity index (χ0n) is 15.6. The van der Waals surface area contributed by atoms with Gasteiger partial charge in [0, 0.05) is 28.9 Å². The van der Waals surface area contributed by atoms with Crippen molar-refractivity contribution in [2.24, 2.45) is 5.92 Å². The molecule has 0 amide bonds. The molecular formula is C21H25BrS3. The minimum atomic E-state index is 0.218. The van der Waals surface area contributed by atoms with Gasteiger partial charge in [-0.2, -0.15) is 0 Å². The van der Waals surface area contributed by atoms with Gasteiger partial charge < -0.3 is 0 Å². The molecule has 0 aliphatic heterocycles. The molecule has 134 valence electrons. The Balaban J connectivity index is 1.92. The van der Waals surface area contributed by atoms with Crippen LogP contribution in [-0.4, -0.2) is 0 Å². The molecule has 3 aromatic heterocycles. The van der Waals surface area contributed by atoms with Crippen molar-refractivity contribution in [3.63, 3.8) is 0 Å². The smallest absolute Gasteiger partial charge is 0.0591 e. The molecule has 1 atom stereocenters. The summed E-state index contributed by atoms with van der Waals surface area (Å²) in [7, 11) is 0. The van der Waals surface area contributed by atoms with Crippen molar-refractivity contribution in [2.45, 2.75) is 52.9 Å². The molecule has 0 aliphatic carbocycles. The van der Waals surface area contributed by atoms with Crippen molar-refractivity contribution >= 4 is 49.9 Å². The molecule has 4 heteroatoms. The summed E-state index contributed by atoms with van der Waals surface area (Å²) >= 11 is 9.55. The molecule has 0 radical (unpaired) electrons. The fourth-order valence-corrected chi connectivity index (χ4v) is 7.10. The minimum absolute atomic E-state index is 0.218. The second-order valence-electron chi connectivity index (χ2n) is 7.94. The zero-order valence-corrected chi connectivity index (χ0v) is 19.7. The van der Waals surface area contributed by atoms with Gasteiger partial charge in [-0.25, -0.2) is 0 Å². The van der Waals surface area contributed by atoms with Crippen LogP contribution in [0.5, 0.6) is 0 Å². The summed E-state index contributed by atoms with van der Waals surface area (Å²) in [5.74, 6) is 1.29. The summed E-state index contributed by atoms with van der Waals surface area (Å²) in [6.07, 6.45) is 0. The van der Waals surface area contributed by atoms with Crippen LogP contribution >= 0.6 is 49.9 Å². The highest BCUT2D eigenvalue weighted by Gasteiger charge is 2.19. The van der Waals surface area contributed by atoms with Crippen molar-refractivity contribution in [1.82, 2.24) is 0 Å². The van der Waals surface area contributed by atoms with Crippen molar-refractivity contribution in [3.8, 4) is 19.5 Å². The van der Waals surface area contributed by atoms with E-state index in [-0.39, 0.29) is 5.41 Å². The van der Waals surface area contributed by atoms with E-state index in [0.29, 0.717) is 11.8 Å². The molecule has 0 fully saturated rings. The first-order chi connectivity index (χ1) is 11.7. The normalized spacial score (nSPS) is 13.6. The van der Waals surface area contributed by atoms with Crippen LogP contribution in [0.25, 0.3) is 19.5 Å². The summed E-state index contributed by atoms with van der Waals surface area (Å²) in [6, 6.07) is 11.4. The maximum atomic E-state index is 3.79. The molecule has 3 heterocycles. The predicted molar refractivity (Wildman–Crippen MR) is 121 cm³/mol. The van der Waals surface area contributed by atoms with E-state index in [4.69, 9.17) is 0 Å². The van der Waals surface area contributed by atoms with E-state index < -0.39 is 0 Å². The van der Waals surface area contributed by atoms with Crippen molar-refractivity contribution in [3.05, 3.63) is 44.6 Å². The Bertz CT molecular complexity index is 858. The van der Waals surface area contributed by atoms with Crippen molar-refractivity contribution < 1.29 is 0 Å². The van der Waals surface area contributed by atoms with Gasteiger partial charge in [0.2, 0.25) is 0 Å². The van der Waals surface area contributed by atoms with Gasteiger partial charge in [-0.05, 0) is 63.5 Å². The quantitative estimate of drug-likeness (QED) is 0.370. The monoisotopic (exact) mass is 452 g/mol. The zero-order chi connectivity index (χ0) is 18.4. The van der Waals surface area contributed by atoms with Crippen LogP contribution in [0.4, 0.5) is 0 Å². The van der Waals surface area contributed by atoms with Gasteiger partial charge in [0.1, 0.15) is 0 Å². The summed E-state index contributed by atoms with van der Waals surface area (Å²) in [6.45, 7) is 13.8. The lowest BCUT2D eigenvalue weighted by molar-refractivity contribution is 0.542. The predicted octanol–water partition coefficient (Wildman–Crippen LogP) is 9.02. The van der Waals surface area contributed by atoms with Gasteiger partial charge in [-0.1, -0.05) is 41.5 Å². The first-order valence-electron chi connectivity index (χ1n) is 8.67. The highest BCUT2D eigenvalue weighted by atomic mass is 79.9. The Morgan fingerprint density at radius 3 is 2.12 bits per heavy atom. The number of thiophene rings is 3. The summed E-state index contributed by atoms with van der Waals surface area (Å²) in [5.41, 5.74) is 0.218. The summed E-state index contributed by atoms with van der Waals surface area (Å²) in [4.78, 5) is 8.38. The molecule has 0 nitrogen and oxygen atoms in total. The third-order valence-corrected chi connectivity index (χ3v) is 9.77. The number of hydrogen-bond donors (Lipinski definition) is 0. The lowest BCUT2D eigenvalue weighted by Crippen LogP contribution is -2.07. The molecule has 0 N–H and O–H groups in total. The Hall–Kier alpha value is -0.420. The molecular weight excluding hydrogens is 428 g/mol. The van der Waals surface area contributed by atoms with Crippen LogP contribution in [-0.2, 0) is 5.41 Å². The number of rotatable bonds is 4. The molecule has 0 saturated heterocycles. The Kier molecular flexibility index (Phi) is 5.65. The molecule has 0 aromatic carbocycles. The maximum absolute atomic E-state index is 3.79. The van der Waals surface area contributed by atoms with E-state index in [9.17, 15) is 0 Å². The van der Waals surface area contributed by atoms with E-state index in [1.807, 2.05) is 34.0 Å². The number of hydrogen-bond acceptors (Lipinski definition) is 3. The standard InChI is InChI=1S/C21H25BrS3/c1-12(2)13(3)15-7-8-17(23-15)20-14(22)11-18(25-20)16-9-10-19(24-16)21(4,5)6/h7-13H,1-6H3/t13-/m1/s1. The highest BCUT2D eigenvalue weighted by Crippen LogP contribution is 2.46. The minimum Gasteiger partial charge on any atom is -0.139 e. The van der Waals surface area contributed by atoms with Crippen LogP contribution in [0, 0.1) is 5.92 Å². The molecule has 0 spiro atoms. The fourth-order valence-electron chi connectivity index (χ4n) is 2.58. The molecule has 0 saturated carbocycles. The van der Waals surface area contributed by atoms with Gasteiger partial charge in [-0.15, -0.1) is 34.0 Å². The van der Waals surface area contributed by atoms with E-state index >= 15 is 0 Å². The molecule has 25 heavy (non-hydrogen) atoms. The fraction of sp³-hybridized carbons (Fsp3) is 0.429. The van der Waals surface area contributed by atoms with E-state index in [2.05, 4.69) is 87.8 Å². The van der Waals surface area contributed by atoms with Crippen LogP contribution in [0.2, 0.25) is 0 Å². The number of halogens is 1.